The van der Waals surface area contributed by atoms with E-state index in [9.17, 15) is 8.42 Å². The summed E-state index contributed by atoms with van der Waals surface area (Å²) < 4.78 is 24.6. The summed E-state index contributed by atoms with van der Waals surface area (Å²) in [6.45, 7) is 0.442. The molecule has 1 aromatic heterocycles. The van der Waals surface area contributed by atoms with Gasteiger partial charge in [-0.1, -0.05) is 6.07 Å². The summed E-state index contributed by atoms with van der Waals surface area (Å²) in [6.07, 6.45) is 6.62. The number of aromatic nitrogens is 1. The summed E-state index contributed by atoms with van der Waals surface area (Å²) in [5.74, 6) is 0. The minimum absolute atomic E-state index is 0.209. The van der Waals surface area contributed by atoms with E-state index in [1.807, 2.05) is 12.1 Å². The summed E-state index contributed by atoms with van der Waals surface area (Å²) in [5, 5.41) is 0. The number of hydrogen-bond donors (Lipinski definition) is 0. The van der Waals surface area contributed by atoms with Crippen LogP contribution in [0.2, 0.25) is 0 Å². The average molecular weight is 226 g/mol. The van der Waals surface area contributed by atoms with Gasteiger partial charge in [-0.05, 0) is 24.5 Å². The predicted octanol–water partition coefficient (Wildman–Crippen LogP) is 1.01. The monoisotopic (exact) mass is 226 g/mol. The number of pyridine rings is 1. The Bertz CT molecular complexity index is 426. The van der Waals surface area contributed by atoms with Gasteiger partial charge in [0.05, 0.1) is 6.26 Å². The Morgan fingerprint density at radius 3 is 2.73 bits per heavy atom. The lowest BCUT2D eigenvalue weighted by atomic mass is 10.3. The van der Waals surface area contributed by atoms with Gasteiger partial charge in [-0.15, -0.1) is 0 Å². The fraction of sp³-hybridized carbons (Fsp3) is 0.500. The molecule has 0 bridgehead atoms. The topological polar surface area (TPSA) is 50.3 Å². The van der Waals surface area contributed by atoms with Crippen LogP contribution in [0, 0.1) is 0 Å². The van der Waals surface area contributed by atoms with Crippen LogP contribution >= 0.6 is 0 Å². The Labute approximate surface area is 90.0 Å². The molecule has 2 rings (SSSR count). The van der Waals surface area contributed by atoms with Crippen LogP contribution in [0.1, 0.15) is 18.4 Å². The van der Waals surface area contributed by atoms with Gasteiger partial charge >= 0.3 is 0 Å². The summed E-state index contributed by atoms with van der Waals surface area (Å²) in [7, 11) is -3.09. The van der Waals surface area contributed by atoms with Crippen molar-refractivity contribution in [2.24, 2.45) is 0 Å². The van der Waals surface area contributed by atoms with E-state index in [-0.39, 0.29) is 6.04 Å². The summed E-state index contributed by atoms with van der Waals surface area (Å²) in [5.41, 5.74) is 0.940. The van der Waals surface area contributed by atoms with Crippen molar-refractivity contribution >= 4 is 10.0 Å². The second-order valence-electron chi connectivity index (χ2n) is 3.90. The SMILES string of the molecule is CS(=O)(=O)N(Cc1cccnc1)C1CC1. The molecule has 1 fully saturated rings. The molecule has 0 N–H and O–H groups in total. The number of hydrogen-bond acceptors (Lipinski definition) is 3. The van der Waals surface area contributed by atoms with Crippen LogP contribution in [-0.4, -0.2) is 30.0 Å². The highest BCUT2D eigenvalue weighted by Gasteiger charge is 2.34. The van der Waals surface area contributed by atoms with Gasteiger partial charge in [-0.2, -0.15) is 4.31 Å². The molecule has 0 saturated heterocycles. The zero-order valence-electron chi connectivity index (χ0n) is 8.63. The first-order chi connectivity index (χ1) is 7.07. The van der Waals surface area contributed by atoms with Gasteiger partial charge in [0.15, 0.2) is 0 Å². The molecule has 1 aliphatic carbocycles. The summed E-state index contributed by atoms with van der Waals surface area (Å²) in [6, 6.07) is 3.93. The number of rotatable bonds is 4. The highest BCUT2D eigenvalue weighted by Crippen LogP contribution is 2.30. The molecule has 0 spiro atoms. The van der Waals surface area contributed by atoms with E-state index in [0.29, 0.717) is 6.54 Å². The zero-order valence-corrected chi connectivity index (χ0v) is 9.44. The zero-order chi connectivity index (χ0) is 10.9. The van der Waals surface area contributed by atoms with Gasteiger partial charge in [0.2, 0.25) is 10.0 Å². The van der Waals surface area contributed by atoms with E-state index in [0.717, 1.165) is 18.4 Å². The van der Waals surface area contributed by atoms with Gasteiger partial charge in [-0.3, -0.25) is 4.98 Å². The number of sulfonamides is 1. The molecule has 4 nitrogen and oxygen atoms in total. The predicted molar refractivity (Wildman–Crippen MR) is 57.6 cm³/mol. The lowest BCUT2D eigenvalue weighted by molar-refractivity contribution is 0.402. The van der Waals surface area contributed by atoms with Gasteiger partial charge in [0, 0.05) is 25.0 Å². The molecule has 0 atom stereocenters. The van der Waals surface area contributed by atoms with Gasteiger partial charge in [-0.25, -0.2) is 8.42 Å². The molecule has 1 heterocycles. The Morgan fingerprint density at radius 1 is 1.53 bits per heavy atom. The second-order valence-corrected chi connectivity index (χ2v) is 5.84. The molecule has 15 heavy (non-hydrogen) atoms. The molecule has 0 amide bonds. The maximum absolute atomic E-state index is 11.5. The lowest BCUT2D eigenvalue weighted by Gasteiger charge is -2.18. The van der Waals surface area contributed by atoms with Gasteiger partial charge in [0.25, 0.3) is 0 Å². The summed E-state index contributed by atoms with van der Waals surface area (Å²) >= 11 is 0. The molecule has 1 aromatic rings. The molecule has 0 unspecified atom stereocenters. The Morgan fingerprint density at radius 2 is 2.27 bits per heavy atom. The Balaban J connectivity index is 2.14. The number of nitrogens with zero attached hydrogens (tertiary/aromatic N) is 2. The minimum Gasteiger partial charge on any atom is -0.264 e. The van der Waals surface area contributed by atoms with Crippen molar-refractivity contribution in [3.8, 4) is 0 Å². The van der Waals surface area contributed by atoms with Crippen molar-refractivity contribution < 1.29 is 8.42 Å². The highest BCUT2D eigenvalue weighted by molar-refractivity contribution is 7.88. The van der Waals surface area contributed by atoms with E-state index in [1.54, 1.807) is 16.7 Å². The minimum atomic E-state index is -3.09. The van der Waals surface area contributed by atoms with Crippen LogP contribution in [0.25, 0.3) is 0 Å². The second kappa shape index (κ2) is 3.90. The van der Waals surface area contributed by atoms with Crippen LogP contribution in [0.15, 0.2) is 24.5 Å². The molecule has 0 radical (unpaired) electrons. The molecular formula is C10H14N2O2S. The van der Waals surface area contributed by atoms with Crippen LogP contribution in [0.3, 0.4) is 0 Å². The molecule has 0 aliphatic heterocycles. The molecule has 1 saturated carbocycles. The van der Waals surface area contributed by atoms with E-state index in [2.05, 4.69) is 4.98 Å². The maximum Gasteiger partial charge on any atom is 0.211 e. The highest BCUT2D eigenvalue weighted by atomic mass is 32.2. The van der Waals surface area contributed by atoms with E-state index < -0.39 is 10.0 Å². The third kappa shape index (κ3) is 2.76. The van der Waals surface area contributed by atoms with Gasteiger partial charge < -0.3 is 0 Å². The van der Waals surface area contributed by atoms with E-state index in [1.165, 1.54) is 6.26 Å². The smallest absolute Gasteiger partial charge is 0.211 e. The largest absolute Gasteiger partial charge is 0.264 e. The van der Waals surface area contributed by atoms with E-state index >= 15 is 0 Å². The summed E-state index contributed by atoms with van der Waals surface area (Å²) in [4.78, 5) is 3.98. The fourth-order valence-corrected chi connectivity index (χ4v) is 2.69. The standard InChI is InChI=1S/C10H14N2O2S/c1-15(13,14)12(10-4-5-10)8-9-3-2-6-11-7-9/h2-3,6-7,10H,4-5,8H2,1H3. The Kier molecular flexibility index (Phi) is 2.75. The van der Waals surface area contributed by atoms with Crippen molar-refractivity contribution in [2.75, 3.05) is 6.26 Å². The third-order valence-electron chi connectivity index (χ3n) is 2.44. The van der Waals surface area contributed by atoms with Crippen LogP contribution in [-0.2, 0) is 16.6 Å². The quantitative estimate of drug-likeness (QED) is 0.769. The first-order valence-corrected chi connectivity index (χ1v) is 6.78. The first kappa shape index (κ1) is 10.6. The van der Waals surface area contributed by atoms with Crippen molar-refractivity contribution in [1.29, 1.82) is 0 Å². The van der Waals surface area contributed by atoms with Crippen molar-refractivity contribution in [3.63, 3.8) is 0 Å². The first-order valence-electron chi connectivity index (χ1n) is 4.93. The lowest BCUT2D eigenvalue weighted by Crippen LogP contribution is -2.31. The molecular weight excluding hydrogens is 212 g/mol. The normalized spacial score (nSPS) is 16.9. The Hall–Kier alpha value is -0.940. The van der Waals surface area contributed by atoms with Crippen molar-refractivity contribution in [1.82, 2.24) is 9.29 Å². The van der Waals surface area contributed by atoms with E-state index in [4.69, 9.17) is 0 Å². The average Bonchev–Trinajstić information content (AvgIpc) is 2.97. The van der Waals surface area contributed by atoms with Crippen molar-refractivity contribution in [3.05, 3.63) is 30.1 Å². The molecule has 82 valence electrons. The van der Waals surface area contributed by atoms with Crippen LogP contribution < -0.4 is 0 Å². The van der Waals surface area contributed by atoms with Gasteiger partial charge in [0.1, 0.15) is 0 Å². The molecule has 1 aliphatic rings. The third-order valence-corrected chi connectivity index (χ3v) is 3.72. The molecule has 0 aromatic carbocycles. The van der Waals surface area contributed by atoms with Crippen LogP contribution in [0.5, 0.6) is 0 Å². The van der Waals surface area contributed by atoms with Crippen LogP contribution in [0.4, 0.5) is 0 Å². The van der Waals surface area contributed by atoms with Crippen molar-refractivity contribution in [2.45, 2.75) is 25.4 Å². The maximum atomic E-state index is 11.5. The fourth-order valence-electron chi connectivity index (χ4n) is 1.55. The molecule has 5 heteroatoms.